The Morgan fingerprint density at radius 2 is 1.97 bits per heavy atom. The van der Waals surface area contributed by atoms with E-state index in [0.29, 0.717) is 35.7 Å². The van der Waals surface area contributed by atoms with Gasteiger partial charge < -0.3 is 30.7 Å². The molecule has 1 heterocycles. The normalized spacial score (nSPS) is 16.0. The van der Waals surface area contributed by atoms with Crippen LogP contribution in [0.2, 0.25) is 0 Å². The van der Waals surface area contributed by atoms with Gasteiger partial charge in [0.1, 0.15) is 12.4 Å². The molecule has 0 aromatic heterocycles. The molecular weight excluding hydrogens is 463 g/mol. The van der Waals surface area contributed by atoms with E-state index in [4.69, 9.17) is 15.2 Å². The monoisotopic (exact) mass is 494 g/mol. The summed E-state index contributed by atoms with van der Waals surface area (Å²) >= 11 is 0. The van der Waals surface area contributed by atoms with Gasteiger partial charge in [-0.2, -0.15) is 0 Å². The standard InChI is InChI=1S/C28H31FN2O5/c29-28-22(17-36-26-9-2-1-5-20(26)14-27(33)34)12-21(13-25(28)31-15-23-8-4-10-35-23)18-6-3-7-19(11-18)24(30)16-32/h1-3,5-7,9,11-13,23-24,31-32H,4,8,10,14-17,30H2,(H,33,34). The average molecular weight is 495 g/mol. The van der Waals surface area contributed by atoms with E-state index < -0.39 is 17.8 Å². The molecule has 5 N–H and O–H groups in total. The molecule has 2 atom stereocenters. The number of ether oxygens (including phenoxy) is 2. The van der Waals surface area contributed by atoms with E-state index in [1.807, 2.05) is 24.3 Å². The van der Waals surface area contributed by atoms with Gasteiger partial charge in [-0.15, -0.1) is 0 Å². The van der Waals surface area contributed by atoms with Crippen molar-refractivity contribution in [2.75, 3.05) is 25.1 Å². The maximum Gasteiger partial charge on any atom is 0.307 e. The molecule has 0 spiro atoms. The van der Waals surface area contributed by atoms with Crippen LogP contribution in [0.1, 0.15) is 35.6 Å². The van der Waals surface area contributed by atoms with Crippen LogP contribution < -0.4 is 15.8 Å². The van der Waals surface area contributed by atoms with Gasteiger partial charge in [-0.25, -0.2) is 4.39 Å². The molecule has 2 unspecified atom stereocenters. The zero-order chi connectivity index (χ0) is 25.5. The van der Waals surface area contributed by atoms with Crippen molar-refractivity contribution in [2.45, 2.75) is 38.0 Å². The molecule has 7 nitrogen and oxygen atoms in total. The molecule has 0 aliphatic carbocycles. The first kappa shape index (κ1) is 25.6. The Hall–Kier alpha value is -3.46. The molecule has 0 bridgehead atoms. The highest BCUT2D eigenvalue weighted by Crippen LogP contribution is 2.31. The molecule has 3 aromatic rings. The number of nitrogens with one attached hydrogen (secondary N) is 1. The molecule has 4 rings (SSSR count). The van der Waals surface area contributed by atoms with Gasteiger partial charge in [0.25, 0.3) is 0 Å². The molecule has 1 aliphatic heterocycles. The van der Waals surface area contributed by atoms with Gasteiger partial charge in [-0.05, 0) is 53.8 Å². The average Bonchev–Trinajstić information content (AvgIpc) is 3.41. The topological polar surface area (TPSA) is 114 Å². The summed E-state index contributed by atoms with van der Waals surface area (Å²) < 4.78 is 27.2. The lowest BCUT2D eigenvalue weighted by Gasteiger charge is -2.18. The van der Waals surface area contributed by atoms with Crippen LogP contribution in [0.4, 0.5) is 10.1 Å². The minimum atomic E-state index is -0.971. The maximum absolute atomic E-state index is 15.6. The van der Waals surface area contributed by atoms with Crippen molar-refractivity contribution in [3.63, 3.8) is 0 Å². The summed E-state index contributed by atoms with van der Waals surface area (Å²) in [5.41, 5.74) is 9.53. The van der Waals surface area contributed by atoms with E-state index in [1.54, 1.807) is 36.4 Å². The van der Waals surface area contributed by atoms with Crippen molar-refractivity contribution >= 4 is 11.7 Å². The predicted octanol–water partition coefficient (Wildman–Crippen LogP) is 4.28. The minimum absolute atomic E-state index is 0.0292. The minimum Gasteiger partial charge on any atom is -0.488 e. The number of hydrogen-bond donors (Lipinski definition) is 4. The zero-order valence-electron chi connectivity index (χ0n) is 20.0. The Labute approximate surface area is 209 Å². The summed E-state index contributed by atoms with van der Waals surface area (Å²) in [7, 11) is 0. The van der Waals surface area contributed by atoms with Gasteiger partial charge >= 0.3 is 5.97 Å². The molecule has 1 saturated heterocycles. The number of aliphatic carboxylic acids is 1. The summed E-state index contributed by atoms with van der Waals surface area (Å²) in [6.07, 6.45) is 1.75. The summed E-state index contributed by atoms with van der Waals surface area (Å²) in [5.74, 6) is -1.01. The van der Waals surface area contributed by atoms with Crippen molar-refractivity contribution in [2.24, 2.45) is 5.73 Å². The number of hydrogen-bond acceptors (Lipinski definition) is 6. The second-order valence-electron chi connectivity index (χ2n) is 8.89. The lowest BCUT2D eigenvalue weighted by atomic mass is 9.97. The van der Waals surface area contributed by atoms with Gasteiger partial charge in [0.05, 0.1) is 30.9 Å². The first-order chi connectivity index (χ1) is 17.4. The molecule has 0 amide bonds. The number of rotatable bonds is 11. The molecule has 0 radical (unpaired) electrons. The molecule has 190 valence electrons. The third kappa shape index (κ3) is 6.40. The van der Waals surface area contributed by atoms with E-state index in [2.05, 4.69) is 5.32 Å². The third-order valence-electron chi connectivity index (χ3n) is 6.23. The van der Waals surface area contributed by atoms with Crippen LogP contribution in [-0.2, 0) is 22.6 Å². The number of carboxylic acids is 1. The van der Waals surface area contributed by atoms with E-state index in [1.165, 1.54) is 0 Å². The van der Waals surface area contributed by atoms with Crippen LogP contribution in [0.5, 0.6) is 5.75 Å². The van der Waals surface area contributed by atoms with Crippen LogP contribution in [-0.4, -0.2) is 42.0 Å². The zero-order valence-corrected chi connectivity index (χ0v) is 20.0. The van der Waals surface area contributed by atoms with Crippen molar-refractivity contribution in [1.29, 1.82) is 0 Å². The van der Waals surface area contributed by atoms with Gasteiger partial charge in [0, 0.05) is 24.3 Å². The first-order valence-corrected chi connectivity index (χ1v) is 12.0. The van der Waals surface area contributed by atoms with Crippen molar-refractivity contribution < 1.29 is 28.9 Å². The smallest absolute Gasteiger partial charge is 0.307 e. The molecule has 8 heteroatoms. The van der Waals surface area contributed by atoms with Crippen molar-refractivity contribution in [3.05, 3.63) is 83.2 Å². The van der Waals surface area contributed by atoms with Crippen LogP contribution in [0.25, 0.3) is 11.1 Å². The van der Waals surface area contributed by atoms with Gasteiger partial charge in [0.15, 0.2) is 5.82 Å². The summed E-state index contributed by atoms with van der Waals surface area (Å²) in [5, 5.41) is 21.8. The van der Waals surface area contributed by atoms with Crippen LogP contribution in [0.3, 0.4) is 0 Å². The Morgan fingerprint density at radius 3 is 2.72 bits per heavy atom. The van der Waals surface area contributed by atoms with Crippen LogP contribution in [0.15, 0.2) is 60.7 Å². The molecule has 3 aromatic carbocycles. The van der Waals surface area contributed by atoms with Gasteiger partial charge in [-0.1, -0.05) is 36.4 Å². The number of aliphatic hydroxyl groups excluding tert-OH is 1. The number of benzene rings is 3. The Balaban J connectivity index is 1.65. The highest BCUT2D eigenvalue weighted by atomic mass is 19.1. The van der Waals surface area contributed by atoms with Gasteiger partial charge in [-0.3, -0.25) is 4.79 Å². The fraction of sp³-hybridized carbons (Fsp3) is 0.321. The Bertz CT molecular complexity index is 1200. The molecular formula is C28H31FN2O5. The van der Waals surface area contributed by atoms with E-state index in [-0.39, 0.29) is 25.7 Å². The second-order valence-corrected chi connectivity index (χ2v) is 8.89. The molecule has 1 aliphatic rings. The summed E-state index contributed by atoms with van der Waals surface area (Å²) in [4.78, 5) is 11.2. The van der Waals surface area contributed by atoms with E-state index in [9.17, 15) is 15.0 Å². The number of aliphatic hydroxyl groups is 1. The highest BCUT2D eigenvalue weighted by molar-refractivity contribution is 5.72. The van der Waals surface area contributed by atoms with E-state index >= 15 is 4.39 Å². The quantitative estimate of drug-likeness (QED) is 0.315. The predicted molar refractivity (Wildman–Crippen MR) is 135 cm³/mol. The summed E-state index contributed by atoms with van der Waals surface area (Å²) in [6, 6.07) is 17.3. The number of nitrogens with two attached hydrogens (primary N) is 1. The highest BCUT2D eigenvalue weighted by Gasteiger charge is 2.19. The first-order valence-electron chi connectivity index (χ1n) is 12.0. The lowest BCUT2D eigenvalue weighted by Crippen LogP contribution is -2.19. The largest absolute Gasteiger partial charge is 0.488 e. The molecule has 36 heavy (non-hydrogen) atoms. The Morgan fingerprint density at radius 1 is 1.14 bits per heavy atom. The fourth-order valence-corrected chi connectivity index (χ4v) is 4.28. The maximum atomic E-state index is 15.6. The lowest BCUT2D eigenvalue weighted by molar-refractivity contribution is -0.136. The number of para-hydroxylation sites is 1. The number of anilines is 1. The second kappa shape index (κ2) is 12.0. The van der Waals surface area contributed by atoms with Crippen molar-refractivity contribution in [3.8, 4) is 16.9 Å². The van der Waals surface area contributed by atoms with Gasteiger partial charge in [0.2, 0.25) is 0 Å². The molecule has 0 saturated carbocycles. The van der Waals surface area contributed by atoms with Crippen LogP contribution in [0, 0.1) is 5.82 Å². The van der Waals surface area contributed by atoms with E-state index in [0.717, 1.165) is 29.5 Å². The summed E-state index contributed by atoms with van der Waals surface area (Å²) in [6.45, 7) is 0.926. The van der Waals surface area contributed by atoms with Crippen LogP contribution >= 0.6 is 0 Å². The number of halogens is 1. The molecule has 1 fully saturated rings. The number of carboxylic acid groups (broad SMARTS) is 1. The number of carbonyl (C=O) groups is 1. The van der Waals surface area contributed by atoms with Crippen molar-refractivity contribution in [1.82, 2.24) is 0 Å². The SMILES string of the molecule is NC(CO)c1cccc(-c2cc(COc3ccccc3CC(=O)O)c(F)c(NCC3CCCO3)c2)c1. The third-order valence-corrected chi connectivity index (χ3v) is 6.23. The fourth-order valence-electron chi connectivity index (χ4n) is 4.28. The Kier molecular flexibility index (Phi) is 8.53.